The number of rotatable bonds is 3. The first-order valence-corrected chi connectivity index (χ1v) is 20.7. The third-order valence-corrected chi connectivity index (χ3v) is 21.8. The molecule has 202 valence electrons. The van der Waals surface area contributed by atoms with Gasteiger partial charge in [-0.25, -0.2) is 0 Å². The van der Waals surface area contributed by atoms with Gasteiger partial charge in [-0.15, -0.1) is 0 Å². The van der Waals surface area contributed by atoms with Crippen LogP contribution in [-0.2, 0) is 31.8 Å². The van der Waals surface area contributed by atoms with Crippen LogP contribution in [0.1, 0.15) is 86.9 Å². The van der Waals surface area contributed by atoms with Crippen molar-refractivity contribution in [1.29, 1.82) is 0 Å². The summed E-state index contributed by atoms with van der Waals surface area (Å²) in [6, 6.07) is 30.6. The Morgan fingerprint density at radius 3 is 1.80 bits per heavy atom. The fourth-order valence-electron chi connectivity index (χ4n) is 6.79. The molecule has 0 aromatic heterocycles. The molecule has 0 amide bonds. The molecule has 40 heavy (non-hydrogen) atoms. The molecule has 2 aliphatic carbocycles. The number of hydrogen-bond donors (Lipinski definition) is 0. The van der Waals surface area contributed by atoms with E-state index >= 15 is 0 Å². The predicted molar refractivity (Wildman–Crippen MR) is 172 cm³/mol. The first-order valence-electron chi connectivity index (χ1n) is 14.8. The Kier molecular flexibility index (Phi) is 6.89. The van der Waals surface area contributed by atoms with Gasteiger partial charge in [-0.2, -0.15) is 0 Å². The molecule has 1 unspecified atom stereocenters. The van der Waals surface area contributed by atoms with Crippen molar-refractivity contribution < 1.29 is 21.0 Å². The Balaban J connectivity index is 1.57. The Hall–Kier alpha value is -2.64. The van der Waals surface area contributed by atoms with Gasteiger partial charge in [-0.3, -0.25) is 0 Å². The van der Waals surface area contributed by atoms with Crippen LogP contribution in [0, 0.1) is 0 Å². The van der Waals surface area contributed by atoms with Gasteiger partial charge < -0.3 is 0 Å². The van der Waals surface area contributed by atoms with Crippen LogP contribution < -0.4 is 0 Å². The van der Waals surface area contributed by atoms with E-state index < -0.39 is 21.0 Å². The summed E-state index contributed by atoms with van der Waals surface area (Å²) in [5, 5.41) is 2.71. The summed E-state index contributed by atoms with van der Waals surface area (Å²) in [6.45, 7) is 19.0. The van der Waals surface area contributed by atoms with Crippen LogP contribution in [0.3, 0.4) is 0 Å². The van der Waals surface area contributed by atoms with Crippen LogP contribution in [0.15, 0.2) is 97.1 Å². The summed E-state index contributed by atoms with van der Waals surface area (Å²) < 4.78 is 2.76. The number of fused-ring (bicyclic) bond motifs is 4. The normalized spacial score (nSPS) is 16.7. The molecule has 4 aromatic carbocycles. The second-order valence-corrected chi connectivity index (χ2v) is 25.2. The molecule has 0 saturated heterocycles. The van der Waals surface area contributed by atoms with Crippen molar-refractivity contribution in [2.45, 2.75) is 73.6 Å². The van der Waals surface area contributed by atoms with Gasteiger partial charge in [0.1, 0.15) is 0 Å². The van der Waals surface area contributed by atoms with Crippen molar-refractivity contribution in [1.82, 2.24) is 0 Å². The maximum absolute atomic E-state index is 2.62. The van der Waals surface area contributed by atoms with Gasteiger partial charge in [-0.1, -0.05) is 0 Å². The van der Waals surface area contributed by atoms with Crippen molar-refractivity contribution in [2.75, 3.05) is 0 Å². The summed E-state index contributed by atoms with van der Waals surface area (Å²) in [5.74, 6) is 0. The van der Waals surface area contributed by atoms with Crippen molar-refractivity contribution in [3.05, 3.63) is 125 Å². The molecule has 0 aliphatic heterocycles. The van der Waals surface area contributed by atoms with Gasteiger partial charge in [0, 0.05) is 0 Å². The molecule has 0 saturated carbocycles. The van der Waals surface area contributed by atoms with E-state index in [9.17, 15) is 0 Å². The molecule has 0 nitrogen and oxygen atoms in total. The topological polar surface area (TPSA) is 0 Å². The number of allylic oxidation sites excluding steroid dienone is 4. The van der Waals surface area contributed by atoms with Crippen molar-refractivity contribution in [3.8, 4) is 11.1 Å². The molecule has 0 fully saturated rings. The molecule has 2 aliphatic rings. The number of benzene rings is 4. The Labute approximate surface area is 248 Å². The van der Waals surface area contributed by atoms with Crippen LogP contribution in [0.5, 0.6) is 0 Å². The van der Waals surface area contributed by atoms with Crippen LogP contribution >= 0.6 is 0 Å². The quantitative estimate of drug-likeness (QED) is 0.188. The second kappa shape index (κ2) is 10.0. The fourth-order valence-corrected chi connectivity index (χ4v) is 19.8. The standard InChI is InChI=1S/C21H25.C15H11.C3H6.Hf/c1-20(2,3)16-7-9-18-14(12-16)11-15-13-17(21(4,5)6)8-10-19(15)18;1-2-7-12(6-1)15-11-5-9-13-8-3-4-10-14(13)15;1-3-2;/h7-13H,1-6H3;1-11H;1-2H3;. The molecule has 0 radical (unpaired) electrons. The summed E-state index contributed by atoms with van der Waals surface area (Å²) in [6.07, 6.45) is 7.34. The summed E-state index contributed by atoms with van der Waals surface area (Å²) in [7, 11) is 0. The molecule has 0 N–H and O–H groups in total. The zero-order chi connectivity index (χ0) is 28.4. The first kappa shape index (κ1) is 27.5. The average Bonchev–Trinajstić information content (AvgIpc) is 3.50. The van der Waals surface area contributed by atoms with E-state index in [1.807, 2.05) is 0 Å². The van der Waals surface area contributed by atoms with Gasteiger partial charge in [0.25, 0.3) is 0 Å². The van der Waals surface area contributed by atoms with Crippen LogP contribution in [0.25, 0.3) is 27.5 Å². The van der Waals surface area contributed by atoms with E-state index in [1.165, 1.54) is 44.2 Å². The van der Waals surface area contributed by atoms with Gasteiger partial charge in [0.05, 0.1) is 0 Å². The van der Waals surface area contributed by atoms with Gasteiger partial charge >= 0.3 is 250 Å². The second-order valence-electron chi connectivity index (χ2n) is 14.0. The van der Waals surface area contributed by atoms with E-state index in [-0.39, 0.29) is 10.8 Å². The molecule has 0 bridgehead atoms. The maximum atomic E-state index is 2.59. The van der Waals surface area contributed by atoms with E-state index in [2.05, 4.69) is 152 Å². The zero-order valence-corrected chi connectivity index (χ0v) is 29.0. The van der Waals surface area contributed by atoms with Crippen LogP contribution in [-0.4, -0.2) is 3.26 Å². The van der Waals surface area contributed by atoms with Crippen molar-refractivity contribution in [3.63, 3.8) is 0 Å². The Morgan fingerprint density at radius 2 is 1.23 bits per heavy atom. The molecular weight excluding hydrogens is 647 g/mol. The molecule has 1 atom stereocenters. The first-order chi connectivity index (χ1) is 18.9. The van der Waals surface area contributed by atoms with Gasteiger partial charge in [0.2, 0.25) is 0 Å². The minimum atomic E-state index is -2.62. The third-order valence-electron chi connectivity index (χ3n) is 8.99. The van der Waals surface area contributed by atoms with Crippen molar-refractivity contribution in [2.24, 2.45) is 0 Å². The Bertz CT molecular complexity index is 1660. The van der Waals surface area contributed by atoms with Gasteiger partial charge in [0.15, 0.2) is 0 Å². The fraction of sp³-hybridized carbons (Fsp3) is 0.308. The monoisotopic (exact) mass is 690 g/mol. The molecular formula is C39H42Hf. The summed E-state index contributed by atoms with van der Waals surface area (Å²) in [4.78, 5) is 0. The average molecular weight is 689 g/mol. The Morgan fingerprint density at radius 1 is 0.650 bits per heavy atom. The van der Waals surface area contributed by atoms with Crippen molar-refractivity contribution >= 4 is 19.6 Å². The van der Waals surface area contributed by atoms with E-state index in [0.717, 1.165) is 0 Å². The molecule has 0 spiro atoms. The summed E-state index contributed by atoms with van der Waals surface area (Å²) in [5.41, 5.74) is 12.2. The third kappa shape index (κ3) is 4.69. The van der Waals surface area contributed by atoms with Crippen LogP contribution in [0.4, 0.5) is 0 Å². The SMILES string of the molecule is C[C](C)=[Hf]([CH]1C=CC=C1c1cccc2ccccc12)[CH]1c2cc(C(C)(C)C)ccc2-c2ccc(C(C)(C)C)cc21. The minimum absolute atomic E-state index is 0.128. The zero-order valence-electron chi connectivity index (χ0n) is 25.4. The summed E-state index contributed by atoms with van der Waals surface area (Å²) >= 11 is -2.62. The predicted octanol–water partition coefficient (Wildman–Crippen LogP) is 10.8. The van der Waals surface area contributed by atoms with Crippen LogP contribution in [0.2, 0.25) is 3.67 Å². The molecule has 4 aromatic rings. The molecule has 1 heteroatoms. The molecule has 6 rings (SSSR count). The van der Waals surface area contributed by atoms with Gasteiger partial charge in [-0.05, 0) is 0 Å². The number of hydrogen-bond acceptors (Lipinski definition) is 0. The van der Waals surface area contributed by atoms with E-state index in [4.69, 9.17) is 0 Å². The van der Waals surface area contributed by atoms with E-state index in [0.29, 0.717) is 7.35 Å². The van der Waals surface area contributed by atoms with E-state index in [1.54, 1.807) is 14.4 Å². The molecule has 0 heterocycles.